The maximum Gasteiger partial charge on any atom is 0.257 e. The first-order chi connectivity index (χ1) is 11.9. The van der Waals surface area contributed by atoms with Crippen LogP contribution in [-0.2, 0) is 4.79 Å². The quantitative estimate of drug-likeness (QED) is 0.667. The zero-order chi connectivity index (χ0) is 18.1. The molecular weight excluding hydrogens is 340 g/mol. The Morgan fingerprint density at radius 2 is 1.72 bits per heavy atom. The highest BCUT2D eigenvalue weighted by Crippen LogP contribution is 2.28. The van der Waals surface area contributed by atoms with Gasteiger partial charge in [-0.2, -0.15) is 0 Å². The fourth-order valence-corrected chi connectivity index (χ4v) is 2.74. The minimum Gasteiger partial charge on any atom is -0.352 e. The van der Waals surface area contributed by atoms with Gasteiger partial charge in [-0.05, 0) is 18.2 Å². The lowest BCUT2D eigenvalue weighted by molar-refractivity contribution is -0.128. The number of rotatable bonds is 2. The molecule has 3 rings (SSSR count). The normalized spacial score (nSPS) is 17.4. The summed E-state index contributed by atoms with van der Waals surface area (Å²) in [5.74, 6) is -7.26. The van der Waals surface area contributed by atoms with Crippen LogP contribution in [0.25, 0.3) is 0 Å². The number of piperazine rings is 1. The molecule has 1 atom stereocenters. The molecule has 1 heterocycles. The van der Waals surface area contributed by atoms with E-state index in [9.17, 15) is 27.2 Å². The molecule has 130 valence electrons. The topological polar surface area (TPSA) is 49.4 Å². The molecule has 2 amide bonds. The predicted molar refractivity (Wildman–Crippen MR) is 79.5 cm³/mol. The maximum atomic E-state index is 14.1. The summed E-state index contributed by atoms with van der Waals surface area (Å²) < 4.78 is 54.5. The van der Waals surface area contributed by atoms with E-state index < -0.39 is 46.7 Å². The summed E-state index contributed by atoms with van der Waals surface area (Å²) in [5, 5.41) is 2.50. The van der Waals surface area contributed by atoms with Gasteiger partial charge in [0.2, 0.25) is 5.91 Å². The average molecular weight is 352 g/mol. The lowest BCUT2D eigenvalue weighted by Crippen LogP contribution is -2.52. The standard InChI is InChI=1S/C17H12F4N2O2/c18-11-4-2-1-3-9(11)15-16(24)22-7-8-23(15)17(25)10-5-6-12(19)14(21)13(10)20/h1-6,15H,7-8H2,(H,22,24). The summed E-state index contributed by atoms with van der Waals surface area (Å²) in [5.41, 5.74) is -0.800. The Balaban J connectivity index is 2.04. The van der Waals surface area contributed by atoms with Gasteiger partial charge in [-0.1, -0.05) is 18.2 Å². The molecule has 0 spiro atoms. The predicted octanol–water partition coefficient (Wildman–Crippen LogP) is 2.56. The number of benzene rings is 2. The molecule has 25 heavy (non-hydrogen) atoms. The Morgan fingerprint density at radius 1 is 1.00 bits per heavy atom. The van der Waals surface area contributed by atoms with Crippen LogP contribution >= 0.6 is 0 Å². The van der Waals surface area contributed by atoms with Crippen molar-refractivity contribution in [2.75, 3.05) is 13.1 Å². The Bertz CT molecular complexity index is 857. The van der Waals surface area contributed by atoms with Crippen molar-refractivity contribution in [2.24, 2.45) is 0 Å². The van der Waals surface area contributed by atoms with E-state index >= 15 is 0 Å². The molecular formula is C17H12F4N2O2. The number of nitrogens with one attached hydrogen (secondary N) is 1. The van der Waals surface area contributed by atoms with Crippen LogP contribution < -0.4 is 5.32 Å². The highest BCUT2D eigenvalue weighted by molar-refractivity contribution is 5.98. The third-order valence-electron chi connectivity index (χ3n) is 3.94. The van der Waals surface area contributed by atoms with Crippen LogP contribution in [0, 0.1) is 23.3 Å². The third kappa shape index (κ3) is 2.95. The Labute approximate surface area is 140 Å². The van der Waals surface area contributed by atoms with E-state index in [-0.39, 0.29) is 18.7 Å². The molecule has 0 saturated carbocycles. The summed E-state index contributed by atoms with van der Waals surface area (Å²) in [6.07, 6.45) is 0. The van der Waals surface area contributed by atoms with Crippen molar-refractivity contribution in [3.63, 3.8) is 0 Å². The van der Waals surface area contributed by atoms with E-state index in [0.29, 0.717) is 6.07 Å². The van der Waals surface area contributed by atoms with Gasteiger partial charge in [0, 0.05) is 18.7 Å². The van der Waals surface area contributed by atoms with E-state index in [1.165, 1.54) is 18.2 Å². The molecule has 0 radical (unpaired) electrons. The number of nitrogens with zero attached hydrogens (tertiary/aromatic N) is 1. The Kier molecular flexibility index (Phi) is 4.43. The monoisotopic (exact) mass is 352 g/mol. The fraction of sp³-hybridized carbons (Fsp3) is 0.176. The molecule has 0 aliphatic carbocycles. The number of carbonyl (C=O) groups excluding carboxylic acids is 2. The van der Waals surface area contributed by atoms with Gasteiger partial charge in [0.25, 0.3) is 5.91 Å². The lowest BCUT2D eigenvalue weighted by Gasteiger charge is -2.35. The van der Waals surface area contributed by atoms with Crippen molar-refractivity contribution in [1.29, 1.82) is 0 Å². The van der Waals surface area contributed by atoms with Crippen LogP contribution in [0.1, 0.15) is 22.0 Å². The van der Waals surface area contributed by atoms with Crippen LogP contribution in [0.2, 0.25) is 0 Å². The number of halogens is 4. The summed E-state index contributed by atoms with van der Waals surface area (Å²) in [6, 6.07) is 5.43. The van der Waals surface area contributed by atoms with E-state index in [4.69, 9.17) is 0 Å². The van der Waals surface area contributed by atoms with Gasteiger partial charge in [0.1, 0.15) is 11.9 Å². The van der Waals surface area contributed by atoms with E-state index in [1.807, 2.05) is 0 Å². The van der Waals surface area contributed by atoms with E-state index in [1.54, 1.807) is 0 Å². The average Bonchev–Trinajstić information content (AvgIpc) is 2.60. The van der Waals surface area contributed by atoms with E-state index in [2.05, 4.69) is 5.32 Å². The largest absolute Gasteiger partial charge is 0.352 e. The van der Waals surface area contributed by atoms with Crippen LogP contribution in [0.5, 0.6) is 0 Å². The van der Waals surface area contributed by atoms with Crippen LogP contribution in [0.15, 0.2) is 36.4 Å². The lowest BCUT2D eigenvalue weighted by atomic mass is 10.0. The number of amides is 2. The number of carbonyl (C=O) groups is 2. The second-order valence-corrected chi connectivity index (χ2v) is 5.44. The molecule has 1 saturated heterocycles. The molecule has 1 aliphatic rings. The smallest absolute Gasteiger partial charge is 0.257 e. The van der Waals surface area contributed by atoms with Crippen molar-refractivity contribution in [2.45, 2.75) is 6.04 Å². The summed E-state index contributed by atoms with van der Waals surface area (Å²) in [6.45, 7) is 0.0306. The number of hydrogen-bond donors (Lipinski definition) is 1. The molecule has 2 aromatic carbocycles. The summed E-state index contributed by atoms with van der Waals surface area (Å²) in [7, 11) is 0. The fourth-order valence-electron chi connectivity index (χ4n) is 2.74. The highest BCUT2D eigenvalue weighted by Gasteiger charge is 2.37. The van der Waals surface area contributed by atoms with Crippen molar-refractivity contribution < 1.29 is 27.2 Å². The Morgan fingerprint density at radius 3 is 2.44 bits per heavy atom. The van der Waals surface area contributed by atoms with E-state index in [0.717, 1.165) is 17.0 Å². The summed E-state index contributed by atoms with van der Waals surface area (Å²) in [4.78, 5) is 25.8. The van der Waals surface area contributed by atoms with Crippen molar-refractivity contribution >= 4 is 11.8 Å². The maximum absolute atomic E-state index is 14.1. The highest BCUT2D eigenvalue weighted by atomic mass is 19.2. The van der Waals surface area contributed by atoms with Gasteiger partial charge < -0.3 is 10.2 Å². The van der Waals surface area contributed by atoms with Gasteiger partial charge in [-0.25, -0.2) is 17.6 Å². The molecule has 0 aromatic heterocycles. The van der Waals surface area contributed by atoms with Gasteiger partial charge in [-0.3, -0.25) is 9.59 Å². The molecule has 8 heteroatoms. The second kappa shape index (κ2) is 6.54. The molecule has 0 bridgehead atoms. The molecule has 1 fully saturated rings. The first-order valence-electron chi connectivity index (χ1n) is 7.38. The van der Waals surface area contributed by atoms with Gasteiger partial charge in [-0.15, -0.1) is 0 Å². The van der Waals surface area contributed by atoms with Gasteiger partial charge >= 0.3 is 0 Å². The van der Waals surface area contributed by atoms with Crippen molar-refractivity contribution in [3.05, 3.63) is 70.8 Å². The molecule has 2 aromatic rings. The van der Waals surface area contributed by atoms with Gasteiger partial charge in [0.05, 0.1) is 5.56 Å². The van der Waals surface area contributed by atoms with Crippen molar-refractivity contribution in [1.82, 2.24) is 10.2 Å². The first kappa shape index (κ1) is 16.9. The Hall–Kier alpha value is -2.90. The molecule has 1 unspecified atom stereocenters. The molecule has 1 N–H and O–H groups in total. The SMILES string of the molecule is O=C1NCCN(C(=O)c2ccc(F)c(F)c2F)C1c1ccccc1F. The van der Waals surface area contributed by atoms with Crippen LogP contribution in [-0.4, -0.2) is 29.8 Å². The van der Waals surface area contributed by atoms with Crippen LogP contribution in [0.3, 0.4) is 0 Å². The zero-order valence-corrected chi connectivity index (χ0v) is 12.7. The van der Waals surface area contributed by atoms with Crippen LogP contribution in [0.4, 0.5) is 17.6 Å². The number of hydrogen-bond acceptors (Lipinski definition) is 2. The first-order valence-corrected chi connectivity index (χ1v) is 7.38. The molecule has 4 nitrogen and oxygen atoms in total. The third-order valence-corrected chi connectivity index (χ3v) is 3.94. The minimum absolute atomic E-state index is 0.0397. The second-order valence-electron chi connectivity index (χ2n) is 5.44. The van der Waals surface area contributed by atoms with Crippen molar-refractivity contribution in [3.8, 4) is 0 Å². The minimum atomic E-state index is -1.78. The zero-order valence-electron chi connectivity index (χ0n) is 12.7. The molecule has 1 aliphatic heterocycles. The summed E-state index contributed by atoms with van der Waals surface area (Å²) >= 11 is 0. The van der Waals surface area contributed by atoms with Gasteiger partial charge in [0.15, 0.2) is 17.5 Å².